The molecular weight excluding hydrogens is 181 g/mol. The van der Waals surface area contributed by atoms with Gasteiger partial charge in [-0.05, 0) is 20.4 Å². The molecule has 1 aliphatic carbocycles. The molecule has 2 nitrogen and oxygen atoms in total. The van der Waals surface area contributed by atoms with Crippen LogP contribution in [0.3, 0.4) is 0 Å². The predicted molar refractivity (Wildman–Crippen MR) is 54.9 cm³/mol. The van der Waals surface area contributed by atoms with Gasteiger partial charge in [0, 0.05) is 6.42 Å². The standard InChI is InChI=1S/C11H16FNO/c1-8(14)11(13-2)7-9-3-5-10(12)6-4-9/h3-5,10-11,13H,6-7H2,1-2H3/t10?,11-/m0/s1. The van der Waals surface area contributed by atoms with Crippen LogP contribution in [-0.4, -0.2) is 25.0 Å². The van der Waals surface area contributed by atoms with Crippen molar-refractivity contribution in [3.05, 3.63) is 23.8 Å². The van der Waals surface area contributed by atoms with E-state index in [1.165, 1.54) is 0 Å². The molecule has 3 heteroatoms. The summed E-state index contributed by atoms with van der Waals surface area (Å²) in [4.78, 5) is 11.1. The van der Waals surface area contributed by atoms with Gasteiger partial charge in [0.25, 0.3) is 0 Å². The summed E-state index contributed by atoms with van der Waals surface area (Å²) in [6.45, 7) is 1.56. The van der Waals surface area contributed by atoms with E-state index in [0.717, 1.165) is 5.57 Å². The molecule has 0 aliphatic heterocycles. The maximum absolute atomic E-state index is 12.7. The van der Waals surface area contributed by atoms with Gasteiger partial charge in [-0.2, -0.15) is 0 Å². The van der Waals surface area contributed by atoms with E-state index in [-0.39, 0.29) is 11.8 Å². The van der Waals surface area contributed by atoms with Gasteiger partial charge in [0.15, 0.2) is 0 Å². The molecule has 1 aliphatic rings. The highest BCUT2D eigenvalue weighted by atomic mass is 19.1. The molecule has 0 spiro atoms. The first-order valence-electron chi connectivity index (χ1n) is 4.82. The highest BCUT2D eigenvalue weighted by Crippen LogP contribution is 2.17. The molecule has 1 N–H and O–H groups in total. The number of rotatable bonds is 4. The summed E-state index contributed by atoms with van der Waals surface area (Å²) >= 11 is 0. The Morgan fingerprint density at radius 1 is 1.79 bits per heavy atom. The average molecular weight is 197 g/mol. The first-order chi connectivity index (χ1) is 6.63. The maximum atomic E-state index is 12.7. The largest absolute Gasteiger partial charge is 0.310 e. The number of alkyl halides is 1. The van der Waals surface area contributed by atoms with Gasteiger partial charge in [0.05, 0.1) is 6.04 Å². The number of hydrogen-bond acceptors (Lipinski definition) is 2. The first-order valence-corrected chi connectivity index (χ1v) is 4.82. The highest BCUT2D eigenvalue weighted by Gasteiger charge is 2.14. The SMILES string of the molecule is CN[C@@H](CC1=CCC(F)C=C1)C(C)=O. The molecule has 0 aromatic rings. The van der Waals surface area contributed by atoms with Crippen molar-refractivity contribution >= 4 is 5.78 Å². The molecule has 2 atom stereocenters. The van der Waals surface area contributed by atoms with Crippen LogP contribution in [0.25, 0.3) is 0 Å². The number of nitrogens with one attached hydrogen (secondary N) is 1. The molecule has 1 unspecified atom stereocenters. The number of Topliss-reactive ketones (excluding diaryl/α,β-unsaturated/α-hetero) is 1. The lowest BCUT2D eigenvalue weighted by Crippen LogP contribution is -2.32. The topological polar surface area (TPSA) is 29.1 Å². The van der Waals surface area contributed by atoms with Crippen LogP contribution in [0.5, 0.6) is 0 Å². The Bertz CT molecular complexity index is 270. The van der Waals surface area contributed by atoms with Crippen molar-refractivity contribution in [3.63, 3.8) is 0 Å². The zero-order valence-electron chi connectivity index (χ0n) is 8.59. The number of ketones is 1. The van der Waals surface area contributed by atoms with E-state index in [0.29, 0.717) is 12.8 Å². The van der Waals surface area contributed by atoms with E-state index >= 15 is 0 Å². The molecule has 0 amide bonds. The summed E-state index contributed by atoms with van der Waals surface area (Å²) in [5, 5.41) is 2.94. The third-order valence-electron chi connectivity index (χ3n) is 2.40. The lowest BCUT2D eigenvalue weighted by molar-refractivity contribution is -0.118. The zero-order chi connectivity index (χ0) is 10.6. The monoisotopic (exact) mass is 197 g/mol. The van der Waals surface area contributed by atoms with E-state index in [2.05, 4.69) is 5.32 Å². The second-order valence-corrected chi connectivity index (χ2v) is 3.55. The Labute approximate surface area is 83.9 Å². The second-order valence-electron chi connectivity index (χ2n) is 3.55. The third kappa shape index (κ3) is 3.07. The Balaban J connectivity index is 2.52. The van der Waals surface area contributed by atoms with Crippen molar-refractivity contribution in [1.29, 1.82) is 0 Å². The van der Waals surface area contributed by atoms with Gasteiger partial charge in [-0.3, -0.25) is 4.79 Å². The van der Waals surface area contributed by atoms with Crippen LogP contribution in [0.1, 0.15) is 19.8 Å². The Morgan fingerprint density at radius 2 is 2.50 bits per heavy atom. The molecular formula is C11H16FNO. The molecule has 0 radical (unpaired) electrons. The van der Waals surface area contributed by atoms with Crippen LogP contribution in [0.2, 0.25) is 0 Å². The van der Waals surface area contributed by atoms with Gasteiger partial charge >= 0.3 is 0 Å². The van der Waals surface area contributed by atoms with Crippen LogP contribution in [-0.2, 0) is 4.79 Å². The third-order valence-corrected chi connectivity index (χ3v) is 2.40. The minimum Gasteiger partial charge on any atom is -0.310 e. The normalized spacial score (nSPS) is 23.1. The molecule has 78 valence electrons. The molecule has 0 fully saturated rings. The number of hydrogen-bond donors (Lipinski definition) is 1. The Kier molecular flexibility index (Phi) is 4.01. The number of likely N-dealkylation sites (N-methyl/N-ethyl adjacent to an activating group) is 1. The van der Waals surface area contributed by atoms with Crippen LogP contribution in [0, 0.1) is 0 Å². The minimum absolute atomic E-state index is 0.115. The number of carbonyl (C=O) groups is 1. The fourth-order valence-electron chi connectivity index (χ4n) is 1.47. The summed E-state index contributed by atoms with van der Waals surface area (Å²) in [5.74, 6) is 0.115. The summed E-state index contributed by atoms with van der Waals surface area (Å²) in [5.41, 5.74) is 1.04. The molecule has 14 heavy (non-hydrogen) atoms. The smallest absolute Gasteiger partial charge is 0.147 e. The Hall–Kier alpha value is -0.960. The molecule has 0 aromatic carbocycles. The average Bonchev–Trinajstić information content (AvgIpc) is 2.16. The summed E-state index contributed by atoms with van der Waals surface area (Å²) in [6.07, 6.45) is 5.39. The first kappa shape index (κ1) is 11.1. The van der Waals surface area contributed by atoms with E-state index in [4.69, 9.17) is 0 Å². The van der Waals surface area contributed by atoms with Crippen LogP contribution in [0.4, 0.5) is 4.39 Å². The van der Waals surface area contributed by atoms with E-state index in [1.54, 1.807) is 26.1 Å². The van der Waals surface area contributed by atoms with Gasteiger partial charge in [-0.15, -0.1) is 0 Å². The molecule has 0 aromatic heterocycles. The maximum Gasteiger partial charge on any atom is 0.147 e. The van der Waals surface area contributed by atoms with E-state index in [1.807, 2.05) is 6.08 Å². The fourth-order valence-corrected chi connectivity index (χ4v) is 1.47. The zero-order valence-corrected chi connectivity index (χ0v) is 8.59. The second kappa shape index (κ2) is 5.05. The Morgan fingerprint density at radius 3 is 2.93 bits per heavy atom. The van der Waals surface area contributed by atoms with Crippen molar-refractivity contribution in [2.24, 2.45) is 0 Å². The minimum atomic E-state index is -0.857. The van der Waals surface area contributed by atoms with Gasteiger partial charge in [0.1, 0.15) is 12.0 Å². The van der Waals surface area contributed by atoms with Crippen LogP contribution < -0.4 is 5.32 Å². The van der Waals surface area contributed by atoms with Gasteiger partial charge in [-0.25, -0.2) is 4.39 Å². The molecule has 0 saturated carbocycles. The van der Waals surface area contributed by atoms with E-state index < -0.39 is 6.17 Å². The van der Waals surface area contributed by atoms with Crippen molar-refractivity contribution in [2.45, 2.75) is 32.0 Å². The lowest BCUT2D eigenvalue weighted by Gasteiger charge is -2.15. The molecule has 0 saturated heterocycles. The molecule has 0 bridgehead atoms. The van der Waals surface area contributed by atoms with Gasteiger partial charge in [0.2, 0.25) is 0 Å². The van der Waals surface area contributed by atoms with Crippen molar-refractivity contribution in [2.75, 3.05) is 7.05 Å². The molecule has 1 rings (SSSR count). The van der Waals surface area contributed by atoms with E-state index in [9.17, 15) is 9.18 Å². The summed E-state index contributed by atoms with van der Waals surface area (Å²) in [7, 11) is 1.76. The quantitative estimate of drug-likeness (QED) is 0.744. The highest BCUT2D eigenvalue weighted by molar-refractivity contribution is 5.81. The van der Waals surface area contributed by atoms with Crippen molar-refractivity contribution < 1.29 is 9.18 Å². The van der Waals surface area contributed by atoms with Gasteiger partial charge in [-0.1, -0.05) is 23.8 Å². The van der Waals surface area contributed by atoms with Crippen molar-refractivity contribution in [3.8, 4) is 0 Å². The van der Waals surface area contributed by atoms with Crippen LogP contribution >= 0.6 is 0 Å². The summed E-state index contributed by atoms with van der Waals surface area (Å²) in [6, 6.07) is -0.151. The number of allylic oxidation sites excluding steroid dienone is 3. The van der Waals surface area contributed by atoms with Gasteiger partial charge < -0.3 is 5.32 Å². The summed E-state index contributed by atoms with van der Waals surface area (Å²) < 4.78 is 12.7. The number of carbonyl (C=O) groups excluding carboxylic acids is 1. The predicted octanol–water partition coefficient (Wildman–Crippen LogP) is 1.78. The number of halogens is 1. The fraction of sp³-hybridized carbons (Fsp3) is 0.545. The van der Waals surface area contributed by atoms with Crippen LogP contribution in [0.15, 0.2) is 23.8 Å². The van der Waals surface area contributed by atoms with Crippen molar-refractivity contribution in [1.82, 2.24) is 5.32 Å². The lowest BCUT2D eigenvalue weighted by atomic mass is 9.98. The molecule has 0 heterocycles.